The Morgan fingerprint density at radius 1 is 0.698 bits per heavy atom. The van der Waals surface area contributed by atoms with E-state index in [9.17, 15) is 40.5 Å². The van der Waals surface area contributed by atoms with E-state index in [1.54, 1.807) is 0 Å². The minimum absolute atomic E-state index is 0.446. The van der Waals surface area contributed by atoms with Crippen molar-refractivity contribution in [3.63, 3.8) is 0 Å². The second kappa shape index (κ2) is 20.9. The van der Waals surface area contributed by atoms with E-state index in [1.807, 2.05) is 0 Å². The zero-order valence-electron chi connectivity index (χ0n) is 25.7. The van der Waals surface area contributed by atoms with Crippen LogP contribution in [0.3, 0.4) is 0 Å². The van der Waals surface area contributed by atoms with E-state index < -0.39 is 86.5 Å². The number of carbonyl (C=O) groups excluding carboxylic acids is 1. The first-order valence-electron chi connectivity index (χ1n) is 16.3. The van der Waals surface area contributed by atoms with E-state index >= 15 is 0 Å². The van der Waals surface area contributed by atoms with Crippen LogP contribution in [0.2, 0.25) is 0 Å². The van der Waals surface area contributed by atoms with E-state index in [0.29, 0.717) is 6.42 Å². The highest BCUT2D eigenvalue weighted by Crippen LogP contribution is 2.28. The second-order valence-electron chi connectivity index (χ2n) is 12.1. The van der Waals surface area contributed by atoms with Crippen molar-refractivity contribution in [2.75, 3.05) is 13.2 Å². The van der Waals surface area contributed by atoms with Gasteiger partial charge in [0.1, 0.15) is 48.8 Å². The van der Waals surface area contributed by atoms with Gasteiger partial charge in [0.15, 0.2) is 12.5 Å². The molecule has 2 fully saturated rings. The molecule has 1 amide bonds. The molecule has 2 saturated heterocycles. The quantitative estimate of drug-likeness (QED) is 0.0767. The molecular formula is C30H58N2O11. The third kappa shape index (κ3) is 12.4. The van der Waals surface area contributed by atoms with Crippen molar-refractivity contribution in [2.24, 2.45) is 5.73 Å². The molecule has 13 nitrogen and oxygen atoms in total. The Bertz CT molecular complexity index is 747. The van der Waals surface area contributed by atoms with Crippen LogP contribution in [0.1, 0.15) is 103 Å². The molecule has 0 radical (unpaired) electrons. The van der Waals surface area contributed by atoms with Gasteiger partial charge in [-0.1, -0.05) is 96.8 Å². The summed E-state index contributed by atoms with van der Waals surface area (Å²) in [7, 11) is 0. The van der Waals surface area contributed by atoms with Crippen LogP contribution in [0.25, 0.3) is 0 Å². The van der Waals surface area contributed by atoms with Gasteiger partial charge in [-0.3, -0.25) is 4.79 Å². The van der Waals surface area contributed by atoms with Crippen molar-refractivity contribution in [3.05, 3.63) is 0 Å². The third-order valence-electron chi connectivity index (χ3n) is 8.49. The Balaban J connectivity index is 1.67. The normalized spacial score (nSPS) is 33.8. The fraction of sp³-hybridized carbons (Fsp3) is 0.967. The summed E-state index contributed by atoms with van der Waals surface area (Å²) in [6, 6.07) is -0.846. The van der Waals surface area contributed by atoms with Crippen LogP contribution in [0.4, 0.5) is 0 Å². The van der Waals surface area contributed by atoms with Gasteiger partial charge >= 0.3 is 0 Å². The fourth-order valence-electron chi connectivity index (χ4n) is 5.65. The van der Waals surface area contributed by atoms with Crippen molar-refractivity contribution >= 4 is 5.91 Å². The third-order valence-corrected chi connectivity index (χ3v) is 8.49. The predicted molar refractivity (Wildman–Crippen MR) is 157 cm³/mol. The summed E-state index contributed by atoms with van der Waals surface area (Å²) in [6.45, 7) is 0.859. The number of ether oxygens (including phenoxy) is 3. The molecule has 0 saturated carbocycles. The van der Waals surface area contributed by atoms with E-state index in [1.165, 1.54) is 64.2 Å². The van der Waals surface area contributed by atoms with Gasteiger partial charge in [0.2, 0.25) is 5.91 Å². The summed E-state index contributed by atoms with van der Waals surface area (Å²) in [4.78, 5) is 12.7. The summed E-state index contributed by atoms with van der Waals surface area (Å²) in [5.41, 5.74) is 6.05. The molecule has 0 bridgehead atoms. The van der Waals surface area contributed by atoms with Crippen LogP contribution >= 0.6 is 0 Å². The lowest BCUT2D eigenvalue weighted by molar-refractivity contribution is -0.343. The molecule has 2 rings (SSSR count). The Morgan fingerprint density at radius 2 is 1.21 bits per heavy atom. The molecule has 254 valence electrons. The summed E-state index contributed by atoms with van der Waals surface area (Å²) in [5, 5.41) is 73.2. The second-order valence-corrected chi connectivity index (χ2v) is 12.1. The van der Waals surface area contributed by atoms with Gasteiger partial charge in [-0.2, -0.15) is 0 Å². The van der Waals surface area contributed by atoms with Gasteiger partial charge in [0, 0.05) is 0 Å². The van der Waals surface area contributed by atoms with Gasteiger partial charge < -0.3 is 61.0 Å². The maximum absolute atomic E-state index is 12.7. The number of rotatable bonds is 21. The molecule has 0 aromatic carbocycles. The lowest BCUT2D eigenvalue weighted by atomic mass is 9.96. The first-order valence-corrected chi connectivity index (χ1v) is 16.3. The van der Waals surface area contributed by atoms with Gasteiger partial charge in [-0.25, -0.2) is 0 Å². The molecule has 43 heavy (non-hydrogen) atoms. The largest absolute Gasteiger partial charge is 0.394 e. The molecule has 2 aliphatic heterocycles. The highest BCUT2D eigenvalue weighted by atomic mass is 16.7. The minimum Gasteiger partial charge on any atom is -0.394 e. The van der Waals surface area contributed by atoms with E-state index in [-0.39, 0.29) is 0 Å². The van der Waals surface area contributed by atoms with E-state index in [4.69, 9.17) is 19.9 Å². The molecule has 0 aromatic heterocycles. The van der Waals surface area contributed by atoms with Crippen LogP contribution in [-0.4, -0.2) is 122 Å². The molecule has 0 spiro atoms. The number of amides is 1. The lowest BCUT2D eigenvalue weighted by Gasteiger charge is -2.46. The molecule has 0 unspecified atom stereocenters. The molecule has 0 aliphatic carbocycles. The maximum atomic E-state index is 12.7. The smallest absolute Gasteiger partial charge is 0.238 e. The maximum Gasteiger partial charge on any atom is 0.238 e. The van der Waals surface area contributed by atoms with E-state index in [2.05, 4.69) is 12.2 Å². The van der Waals surface area contributed by atoms with Crippen LogP contribution in [0.5, 0.6) is 0 Å². The highest BCUT2D eigenvalue weighted by molar-refractivity contribution is 5.81. The van der Waals surface area contributed by atoms with Gasteiger partial charge in [0.05, 0.1) is 19.3 Å². The summed E-state index contributed by atoms with van der Waals surface area (Å²) in [5.74, 6) is -0.573. The SMILES string of the molecule is CCCCCCCCCCCCCCCC[C@@H](N)C(=O)N[C@@H]1O[C@H](CO)[C@@H](O[C@H]2O[C@H](CO)[C@@H](O)[C@H](O)[C@H]2O)[C@H](O)[C@H]1O. The van der Waals surface area contributed by atoms with Crippen molar-refractivity contribution in [1.82, 2.24) is 5.32 Å². The van der Waals surface area contributed by atoms with Crippen molar-refractivity contribution in [1.29, 1.82) is 0 Å². The Labute approximate surface area is 255 Å². The summed E-state index contributed by atoms with van der Waals surface area (Å²) in [6.07, 6.45) is 2.09. The summed E-state index contributed by atoms with van der Waals surface area (Å²) >= 11 is 0. The van der Waals surface area contributed by atoms with Gasteiger partial charge in [0.25, 0.3) is 0 Å². The minimum atomic E-state index is -1.76. The average molecular weight is 623 g/mol. The van der Waals surface area contributed by atoms with Crippen molar-refractivity contribution in [2.45, 2.75) is 171 Å². The van der Waals surface area contributed by atoms with E-state index in [0.717, 1.165) is 25.7 Å². The Hall–Kier alpha value is -0.970. The summed E-state index contributed by atoms with van der Waals surface area (Å²) < 4.78 is 16.4. The van der Waals surface area contributed by atoms with Crippen LogP contribution in [0, 0.1) is 0 Å². The Morgan fingerprint density at radius 3 is 1.72 bits per heavy atom. The molecule has 0 aromatic rings. The average Bonchev–Trinajstić information content (AvgIpc) is 3.00. The molecular weight excluding hydrogens is 564 g/mol. The van der Waals surface area contributed by atoms with Gasteiger partial charge in [-0.15, -0.1) is 0 Å². The lowest BCUT2D eigenvalue weighted by Crippen LogP contribution is -2.67. The number of aliphatic hydroxyl groups is 7. The molecule has 10 N–H and O–H groups in total. The molecule has 2 heterocycles. The first kappa shape index (κ1) is 38.2. The monoisotopic (exact) mass is 622 g/mol. The zero-order valence-corrected chi connectivity index (χ0v) is 25.7. The van der Waals surface area contributed by atoms with Crippen LogP contribution in [0.15, 0.2) is 0 Å². The highest BCUT2D eigenvalue weighted by Gasteiger charge is 2.50. The number of hydrogen-bond donors (Lipinski definition) is 9. The molecule has 2 aliphatic rings. The molecule has 11 atom stereocenters. The predicted octanol–water partition coefficient (Wildman–Crippen LogP) is -0.0746. The molecule has 13 heteroatoms. The van der Waals surface area contributed by atoms with Crippen molar-refractivity contribution < 1.29 is 54.8 Å². The standard InChI is InChI=1S/C30H58N2O11/c1-2-3-4-5-6-7-8-9-10-11-12-13-14-15-16-19(31)28(40)32-29-25(38)24(37)27(21(18-34)41-29)43-30-26(39)23(36)22(35)20(17-33)42-30/h19-27,29-30,33-39H,2-18,31H2,1H3,(H,32,40)/t19-,20-,21-,22-,23+,24-,25-,26-,27-,29-,30-/m1/s1. The van der Waals surface area contributed by atoms with Gasteiger partial charge in [-0.05, 0) is 6.42 Å². The number of unbranched alkanes of at least 4 members (excludes halogenated alkanes) is 13. The zero-order chi connectivity index (χ0) is 31.8. The van der Waals surface area contributed by atoms with Crippen LogP contribution in [-0.2, 0) is 19.0 Å². The number of carbonyl (C=O) groups is 1. The number of nitrogens with two attached hydrogens (primary N) is 1. The number of aliphatic hydroxyl groups excluding tert-OH is 7. The topological polar surface area (TPSA) is 224 Å². The van der Waals surface area contributed by atoms with Crippen LogP contribution < -0.4 is 11.1 Å². The first-order chi connectivity index (χ1) is 20.7. The Kier molecular flexibility index (Phi) is 18.6. The number of nitrogens with one attached hydrogen (secondary N) is 1. The fourth-order valence-corrected chi connectivity index (χ4v) is 5.65. The number of hydrogen-bond acceptors (Lipinski definition) is 12. The van der Waals surface area contributed by atoms with Crippen molar-refractivity contribution in [3.8, 4) is 0 Å².